The summed E-state index contributed by atoms with van der Waals surface area (Å²) in [5.41, 5.74) is 4.42. The van der Waals surface area contributed by atoms with Crippen LogP contribution in [0.25, 0.3) is 28.1 Å². The Morgan fingerprint density at radius 2 is 1.91 bits per heavy atom. The maximum atomic E-state index is 13.6. The Kier molecular flexibility index (Phi) is 6.42. The van der Waals surface area contributed by atoms with Crippen LogP contribution < -0.4 is 0 Å². The van der Waals surface area contributed by atoms with Gasteiger partial charge in [0.15, 0.2) is 0 Å². The van der Waals surface area contributed by atoms with Gasteiger partial charge in [-0.25, -0.2) is 4.39 Å². The third-order valence-corrected chi connectivity index (χ3v) is 5.55. The molecule has 4 rings (SSSR count). The summed E-state index contributed by atoms with van der Waals surface area (Å²) < 4.78 is 18.1. The van der Waals surface area contributed by atoms with Crippen LogP contribution in [-0.4, -0.2) is 35.1 Å². The highest BCUT2D eigenvalue weighted by Crippen LogP contribution is 2.45. The number of fused-ring (bicyclic) bond motifs is 1. The van der Waals surface area contributed by atoms with Gasteiger partial charge < -0.3 is 9.84 Å². The molecule has 2 aromatic carbocycles. The molecule has 32 heavy (non-hydrogen) atoms. The van der Waals surface area contributed by atoms with Gasteiger partial charge >= 0.3 is 5.97 Å². The summed E-state index contributed by atoms with van der Waals surface area (Å²) in [5, 5.41) is 11.3. The molecule has 1 N–H and O–H groups in total. The van der Waals surface area contributed by atoms with Crippen LogP contribution in [-0.2, 0) is 14.3 Å². The van der Waals surface area contributed by atoms with Crippen molar-refractivity contribution in [3.63, 3.8) is 0 Å². The number of Topliss-reactive ketones (excluding diaryl/α,β-unsaturated/α-hetero) is 1. The number of aliphatic hydroxyl groups excluding tert-OH is 1. The van der Waals surface area contributed by atoms with Gasteiger partial charge in [-0.2, -0.15) is 0 Å². The first-order valence-corrected chi connectivity index (χ1v) is 10.6. The fourth-order valence-electron chi connectivity index (χ4n) is 3.82. The average Bonchev–Trinajstić information content (AvgIpc) is 3.62. The quantitative estimate of drug-likeness (QED) is 0.407. The Bertz CT molecular complexity index is 1180. The van der Waals surface area contributed by atoms with Crippen molar-refractivity contribution in [2.45, 2.75) is 37.7 Å². The third kappa shape index (κ3) is 4.92. The van der Waals surface area contributed by atoms with Crippen molar-refractivity contribution in [1.29, 1.82) is 0 Å². The SMILES string of the molecule is COC(=O)CC(=O)C[C@H](O)/C=C/c1c(C2CC2)nc2ccccc2c1-c1ccc(F)cc1. The summed E-state index contributed by atoms with van der Waals surface area (Å²) in [4.78, 5) is 28.1. The van der Waals surface area contributed by atoms with Crippen molar-refractivity contribution in [1.82, 2.24) is 4.98 Å². The number of para-hydroxylation sites is 1. The van der Waals surface area contributed by atoms with Crippen LogP contribution >= 0.6 is 0 Å². The van der Waals surface area contributed by atoms with E-state index in [2.05, 4.69) is 4.74 Å². The van der Waals surface area contributed by atoms with Crippen LogP contribution in [0.1, 0.15) is 42.9 Å². The maximum Gasteiger partial charge on any atom is 0.313 e. The standard InChI is InChI=1S/C26H24FNO4/c1-32-24(31)15-20(30)14-19(29)12-13-22-25(16-8-10-18(27)11-9-16)21-4-2-3-5-23(21)28-26(22)17-6-7-17/h2-5,8-13,17,19,29H,6-7,14-15H2,1H3/b13-12+/t19-/m1/s1. The molecule has 164 valence electrons. The zero-order valence-corrected chi connectivity index (χ0v) is 17.8. The minimum atomic E-state index is -1.05. The summed E-state index contributed by atoms with van der Waals surface area (Å²) in [6.45, 7) is 0. The van der Waals surface area contributed by atoms with E-state index in [4.69, 9.17) is 4.98 Å². The molecule has 0 saturated heterocycles. The molecule has 1 aliphatic rings. The van der Waals surface area contributed by atoms with Crippen LogP contribution in [0.4, 0.5) is 4.39 Å². The van der Waals surface area contributed by atoms with Crippen molar-refractivity contribution in [3.05, 3.63) is 71.7 Å². The van der Waals surface area contributed by atoms with Crippen LogP contribution in [0.3, 0.4) is 0 Å². The number of rotatable bonds is 8. The molecule has 0 amide bonds. The van der Waals surface area contributed by atoms with Crippen LogP contribution in [0, 0.1) is 5.82 Å². The van der Waals surface area contributed by atoms with E-state index in [-0.39, 0.29) is 18.7 Å². The molecular weight excluding hydrogens is 409 g/mol. The Hall–Kier alpha value is -3.38. The number of esters is 1. The highest BCUT2D eigenvalue weighted by Gasteiger charge is 2.29. The van der Waals surface area contributed by atoms with Crippen LogP contribution in [0.5, 0.6) is 0 Å². The van der Waals surface area contributed by atoms with E-state index in [0.717, 1.165) is 46.1 Å². The van der Waals surface area contributed by atoms with Crippen molar-refractivity contribution in [2.75, 3.05) is 7.11 Å². The second-order valence-electron chi connectivity index (χ2n) is 8.01. The summed E-state index contributed by atoms with van der Waals surface area (Å²) in [6, 6.07) is 14.1. The Morgan fingerprint density at radius 3 is 2.59 bits per heavy atom. The molecule has 6 heteroatoms. The topological polar surface area (TPSA) is 76.5 Å². The van der Waals surface area contributed by atoms with Crippen molar-refractivity contribution < 1.29 is 23.8 Å². The molecule has 1 heterocycles. The van der Waals surface area contributed by atoms with E-state index in [0.29, 0.717) is 5.92 Å². The van der Waals surface area contributed by atoms with E-state index in [1.54, 1.807) is 24.3 Å². The molecule has 0 spiro atoms. The first-order valence-electron chi connectivity index (χ1n) is 10.6. The minimum Gasteiger partial charge on any atom is -0.469 e. The number of hydrogen-bond acceptors (Lipinski definition) is 5. The molecule has 5 nitrogen and oxygen atoms in total. The number of pyridine rings is 1. The van der Waals surface area contributed by atoms with Gasteiger partial charge in [-0.05, 0) is 36.6 Å². The van der Waals surface area contributed by atoms with Gasteiger partial charge in [-0.3, -0.25) is 14.6 Å². The molecule has 3 aromatic rings. The number of hydrogen-bond donors (Lipinski definition) is 1. The van der Waals surface area contributed by atoms with E-state index >= 15 is 0 Å². The zero-order valence-electron chi connectivity index (χ0n) is 17.8. The molecule has 1 atom stereocenters. The number of ether oxygens (including phenoxy) is 1. The predicted octanol–water partition coefficient (Wildman–Crippen LogP) is 4.81. The van der Waals surface area contributed by atoms with Gasteiger partial charge in [-0.15, -0.1) is 0 Å². The number of ketones is 1. The van der Waals surface area contributed by atoms with Gasteiger partial charge in [0.25, 0.3) is 0 Å². The summed E-state index contributed by atoms with van der Waals surface area (Å²) >= 11 is 0. The molecule has 1 saturated carbocycles. The fourth-order valence-corrected chi connectivity index (χ4v) is 3.82. The molecule has 1 aromatic heterocycles. The van der Waals surface area contributed by atoms with Crippen molar-refractivity contribution >= 4 is 28.7 Å². The van der Waals surface area contributed by atoms with Gasteiger partial charge in [0.1, 0.15) is 18.0 Å². The lowest BCUT2D eigenvalue weighted by Crippen LogP contribution is -2.15. The Labute approximate surface area is 185 Å². The van der Waals surface area contributed by atoms with Crippen LogP contribution in [0.2, 0.25) is 0 Å². The number of carbonyl (C=O) groups is 2. The smallest absolute Gasteiger partial charge is 0.313 e. The summed E-state index contributed by atoms with van der Waals surface area (Å²) in [5.74, 6) is -1.01. The van der Waals surface area contributed by atoms with Gasteiger partial charge in [0, 0.05) is 28.9 Å². The van der Waals surface area contributed by atoms with Gasteiger partial charge in [0.2, 0.25) is 0 Å². The first-order chi connectivity index (χ1) is 15.5. The lowest BCUT2D eigenvalue weighted by molar-refractivity contribution is -0.143. The fraction of sp³-hybridized carbons (Fsp3) is 0.269. The van der Waals surface area contributed by atoms with E-state index in [9.17, 15) is 19.1 Å². The van der Waals surface area contributed by atoms with Gasteiger partial charge in [-0.1, -0.05) is 42.5 Å². The number of benzene rings is 2. The third-order valence-electron chi connectivity index (χ3n) is 5.55. The molecular formula is C26H24FNO4. The highest BCUT2D eigenvalue weighted by molar-refractivity contribution is 5.99. The predicted molar refractivity (Wildman–Crippen MR) is 120 cm³/mol. The second-order valence-corrected chi connectivity index (χ2v) is 8.01. The number of methoxy groups -OCH3 is 1. The second kappa shape index (κ2) is 9.40. The van der Waals surface area contributed by atoms with E-state index < -0.39 is 17.9 Å². The molecule has 1 fully saturated rings. The molecule has 1 aliphatic carbocycles. The highest BCUT2D eigenvalue weighted by atomic mass is 19.1. The average molecular weight is 433 g/mol. The Balaban J connectivity index is 1.75. The number of aliphatic hydroxyl groups is 1. The van der Waals surface area contributed by atoms with Crippen LogP contribution in [0.15, 0.2) is 54.6 Å². The summed E-state index contributed by atoms with van der Waals surface area (Å²) in [7, 11) is 1.22. The van der Waals surface area contributed by atoms with Crippen molar-refractivity contribution in [3.8, 4) is 11.1 Å². The Morgan fingerprint density at radius 1 is 1.19 bits per heavy atom. The normalized spacial score (nSPS) is 14.6. The number of nitrogens with zero attached hydrogens (tertiary/aromatic N) is 1. The van der Waals surface area contributed by atoms with Gasteiger partial charge in [0.05, 0.1) is 24.4 Å². The minimum absolute atomic E-state index is 0.183. The maximum absolute atomic E-state index is 13.6. The molecule has 0 unspecified atom stereocenters. The van der Waals surface area contributed by atoms with Crippen molar-refractivity contribution in [2.24, 2.45) is 0 Å². The summed E-state index contributed by atoms with van der Waals surface area (Å²) in [6.07, 6.45) is 3.82. The number of aromatic nitrogens is 1. The number of halogens is 1. The molecule has 0 radical (unpaired) electrons. The van der Waals surface area contributed by atoms with E-state index in [1.165, 1.54) is 19.2 Å². The van der Waals surface area contributed by atoms with E-state index in [1.807, 2.05) is 24.3 Å². The number of carbonyl (C=O) groups excluding carboxylic acids is 2. The molecule has 0 bridgehead atoms. The first kappa shape index (κ1) is 21.8. The zero-order chi connectivity index (χ0) is 22.7. The molecule has 0 aliphatic heterocycles. The lowest BCUT2D eigenvalue weighted by atomic mass is 9.92. The lowest BCUT2D eigenvalue weighted by Gasteiger charge is -2.16. The monoisotopic (exact) mass is 433 g/mol. The largest absolute Gasteiger partial charge is 0.469 e.